The Balaban J connectivity index is 2.28. The van der Waals surface area contributed by atoms with E-state index in [0.717, 1.165) is 19.3 Å². The number of para-hydroxylation sites is 1. The molecule has 2 aromatic carbocycles. The summed E-state index contributed by atoms with van der Waals surface area (Å²) in [5.41, 5.74) is 2.57. The zero-order valence-electron chi connectivity index (χ0n) is 9.71. The van der Waals surface area contributed by atoms with Crippen LogP contribution in [0.5, 0.6) is 0 Å². The maximum Gasteiger partial charge on any atom is 0.256 e. The van der Waals surface area contributed by atoms with Crippen LogP contribution >= 0.6 is 38.5 Å². The topological polar surface area (TPSA) is 29.1 Å². The third kappa shape index (κ3) is 3.11. The molecule has 0 saturated heterocycles. The Morgan fingerprint density at radius 2 is 1.94 bits per heavy atom. The standard InChI is InChI=1S/C14H11BrINO/c1-9-4-2-3-5-13(9)17-14(18)11-8-10(15)6-7-12(11)16/h2-8H,1H3,(H,17,18). The summed E-state index contributed by atoms with van der Waals surface area (Å²) in [6.07, 6.45) is 0. The quantitative estimate of drug-likeness (QED) is 0.712. The average molecular weight is 416 g/mol. The molecular formula is C14H11BrINO. The van der Waals surface area contributed by atoms with Crippen molar-refractivity contribution in [3.63, 3.8) is 0 Å². The number of rotatable bonds is 2. The maximum absolute atomic E-state index is 12.2. The number of benzene rings is 2. The van der Waals surface area contributed by atoms with Gasteiger partial charge < -0.3 is 5.32 Å². The molecule has 0 radical (unpaired) electrons. The number of aryl methyl sites for hydroxylation is 1. The van der Waals surface area contributed by atoms with Gasteiger partial charge in [-0.05, 0) is 59.3 Å². The van der Waals surface area contributed by atoms with E-state index < -0.39 is 0 Å². The van der Waals surface area contributed by atoms with Crippen molar-refractivity contribution in [2.75, 3.05) is 5.32 Å². The normalized spacial score (nSPS) is 10.2. The maximum atomic E-state index is 12.2. The van der Waals surface area contributed by atoms with E-state index in [9.17, 15) is 4.79 Å². The Kier molecular flexibility index (Phi) is 4.40. The van der Waals surface area contributed by atoms with Crippen LogP contribution in [-0.2, 0) is 0 Å². The van der Waals surface area contributed by atoms with E-state index in [0.29, 0.717) is 5.56 Å². The van der Waals surface area contributed by atoms with Gasteiger partial charge in [-0.3, -0.25) is 4.79 Å². The number of hydrogen-bond donors (Lipinski definition) is 1. The highest BCUT2D eigenvalue weighted by Crippen LogP contribution is 2.21. The van der Waals surface area contributed by atoms with Gasteiger partial charge in [-0.1, -0.05) is 34.1 Å². The fourth-order valence-corrected chi connectivity index (χ4v) is 2.52. The minimum Gasteiger partial charge on any atom is -0.322 e. The number of carbonyl (C=O) groups is 1. The molecule has 92 valence electrons. The Morgan fingerprint density at radius 1 is 1.22 bits per heavy atom. The monoisotopic (exact) mass is 415 g/mol. The van der Waals surface area contributed by atoms with Gasteiger partial charge >= 0.3 is 0 Å². The van der Waals surface area contributed by atoms with Crippen LogP contribution in [-0.4, -0.2) is 5.91 Å². The Morgan fingerprint density at radius 3 is 2.67 bits per heavy atom. The van der Waals surface area contributed by atoms with Crippen molar-refractivity contribution in [1.29, 1.82) is 0 Å². The molecule has 0 fully saturated rings. The first-order valence-corrected chi connectivity index (χ1v) is 7.27. The summed E-state index contributed by atoms with van der Waals surface area (Å²) < 4.78 is 1.83. The zero-order chi connectivity index (χ0) is 13.1. The van der Waals surface area contributed by atoms with Crippen LogP contribution in [0.2, 0.25) is 0 Å². The highest BCUT2D eigenvalue weighted by atomic mass is 127. The first-order valence-electron chi connectivity index (χ1n) is 5.40. The van der Waals surface area contributed by atoms with Crippen LogP contribution in [0, 0.1) is 10.5 Å². The van der Waals surface area contributed by atoms with Gasteiger partial charge in [0.25, 0.3) is 5.91 Å². The summed E-state index contributed by atoms with van der Waals surface area (Å²) in [6, 6.07) is 13.4. The van der Waals surface area contributed by atoms with Gasteiger partial charge in [-0.15, -0.1) is 0 Å². The molecule has 2 nitrogen and oxygen atoms in total. The Labute approximate surface area is 128 Å². The van der Waals surface area contributed by atoms with Crippen molar-refractivity contribution in [2.24, 2.45) is 0 Å². The second kappa shape index (κ2) is 5.84. The lowest BCUT2D eigenvalue weighted by molar-refractivity contribution is 0.102. The summed E-state index contributed by atoms with van der Waals surface area (Å²) in [5, 5.41) is 2.93. The van der Waals surface area contributed by atoms with Gasteiger partial charge in [0.15, 0.2) is 0 Å². The molecule has 0 atom stereocenters. The minimum atomic E-state index is -0.0880. The zero-order valence-corrected chi connectivity index (χ0v) is 13.4. The predicted molar refractivity (Wildman–Crippen MR) is 86.0 cm³/mol. The Hall–Kier alpha value is -0.880. The third-order valence-corrected chi connectivity index (χ3v) is 4.00. The lowest BCUT2D eigenvalue weighted by atomic mass is 10.1. The van der Waals surface area contributed by atoms with E-state index in [2.05, 4.69) is 43.8 Å². The lowest BCUT2D eigenvalue weighted by Gasteiger charge is -2.09. The van der Waals surface area contributed by atoms with Gasteiger partial charge in [0.2, 0.25) is 0 Å². The van der Waals surface area contributed by atoms with E-state index in [1.807, 2.05) is 49.4 Å². The second-order valence-electron chi connectivity index (χ2n) is 3.89. The van der Waals surface area contributed by atoms with Gasteiger partial charge in [-0.25, -0.2) is 0 Å². The summed E-state index contributed by atoms with van der Waals surface area (Å²) in [4.78, 5) is 12.2. The van der Waals surface area contributed by atoms with Gasteiger partial charge in [0, 0.05) is 13.7 Å². The number of carbonyl (C=O) groups excluding carboxylic acids is 1. The van der Waals surface area contributed by atoms with E-state index in [4.69, 9.17) is 0 Å². The van der Waals surface area contributed by atoms with E-state index in [1.54, 1.807) is 0 Å². The number of amides is 1. The van der Waals surface area contributed by atoms with Crippen LogP contribution in [0.25, 0.3) is 0 Å². The van der Waals surface area contributed by atoms with E-state index in [1.165, 1.54) is 0 Å². The van der Waals surface area contributed by atoms with Crippen molar-refractivity contribution >= 4 is 50.1 Å². The fraction of sp³-hybridized carbons (Fsp3) is 0.0714. The second-order valence-corrected chi connectivity index (χ2v) is 5.97. The van der Waals surface area contributed by atoms with Crippen molar-refractivity contribution in [3.8, 4) is 0 Å². The Bertz CT molecular complexity index is 598. The highest BCUT2D eigenvalue weighted by molar-refractivity contribution is 14.1. The smallest absolute Gasteiger partial charge is 0.256 e. The van der Waals surface area contributed by atoms with Crippen molar-refractivity contribution in [3.05, 3.63) is 61.6 Å². The molecule has 0 bridgehead atoms. The summed E-state index contributed by atoms with van der Waals surface area (Å²) in [7, 11) is 0. The third-order valence-electron chi connectivity index (χ3n) is 2.57. The molecule has 2 aromatic rings. The largest absolute Gasteiger partial charge is 0.322 e. The van der Waals surface area contributed by atoms with E-state index >= 15 is 0 Å². The predicted octanol–water partition coefficient (Wildman–Crippen LogP) is 4.61. The molecule has 2 rings (SSSR count). The first-order chi connectivity index (χ1) is 8.58. The number of hydrogen-bond acceptors (Lipinski definition) is 1. The molecule has 0 aliphatic heterocycles. The van der Waals surface area contributed by atoms with Gasteiger partial charge in [-0.2, -0.15) is 0 Å². The molecule has 1 amide bonds. The van der Waals surface area contributed by atoms with Crippen LogP contribution in [0.1, 0.15) is 15.9 Å². The van der Waals surface area contributed by atoms with Crippen molar-refractivity contribution < 1.29 is 4.79 Å². The first kappa shape index (κ1) is 13.5. The van der Waals surface area contributed by atoms with Crippen LogP contribution in [0.3, 0.4) is 0 Å². The molecule has 0 saturated carbocycles. The lowest BCUT2D eigenvalue weighted by Crippen LogP contribution is -2.14. The van der Waals surface area contributed by atoms with Crippen LogP contribution < -0.4 is 5.32 Å². The minimum absolute atomic E-state index is 0.0880. The number of anilines is 1. The summed E-state index contributed by atoms with van der Waals surface area (Å²) in [5.74, 6) is -0.0880. The van der Waals surface area contributed by atoms with Gasteiger partial charge in [0.05, 0.1) is 5.56 Å². The SMILES string of the molecule is Cc1ccccc1NC(=O)c1cc(Br)ccc1I. The van der Waals surface area contributed by atoms with Crippen LogP contribution in [0.4, 0.5) is 5.69 Å². The molecule has 18 heavy (non-hydrogen) atoms. The van der Waals surface area contributed by atoms with E-state index in [-0.39, 0.29) is 5.91 Å². The molecule has 0 heterocycles. The average Bonchev–Trinajstić information content (AvgIpc) is 2.35. The molecule has 1 N–H and O–H groups in total. The summed E-state index contributed by atoms with van der Waals surface area (Å²) >= 11 is 5.54. The van der Waals surface area contributed by atoms with Crippen molar-refractivity contribution in [2.45, 2.75) is 6.92 Å². The highest BCUT2D eigenvalue weighted by Gasteiger charge is 2.11. The van der Waals surface area contributed by atoms with Crippen LogP contribution in [0.15, 0.2) is 46.9 Å². The number of nitrogens with one attached hydrogen (secondary N) is 1. The molecule has 0 unspecified atom stereocenters. The fourth-order valence-electron chi connectivity index (χ4n) is 1.57. The van der Waals surface area contributed by atoms with Crippen molar-refractivity contribution in [1.82, 2.24) is 0 Å². The molecule has 0 aliphatic carbocycles. The molecular weight excluding hydrogens is 405 g/mol. The molecule has 0 spiro atoms. The number of halogens is 2. The molecule has 0 aliphatic rings. The summed E-state index contributed by atoms with van der Waals surface area (Å²) in [6.45, 7) is 1.97. The molecule has 0 aromatic heterocycles. The van der Waals surface area contributed by atoms with Gasteiger partial charge in [0.1, 0.15) is 0 Å². The molecule has 4 heteroatoms.